The van der Waals surface area contributed by atoms with Crippen LogP contribution in [0.25, 0.3) is 17.3 Å². The summed E-state index contributed by atoms with van der Waals surface area (Å²) in [6.07, 6.45) is 1.64. The number of ether oxygens (including phenoxy) is 1. The molecule has 0 spiro atoms. The topological polar surface area (TPSA) is 113 Å². The molecular formula is C37H35N5O4S2. The highest BCUT2D eigenvalue weighted by molar-refractivity contribution is 8.00. The molecule has 9 nitrogen and oxygen atoms in total. The van der Waals surface area contributed by atoms with Crippen molar-refractivity contribution in [3.8, 4) is 17.0 Å². The molecule has 11 heteroatoms. The highest BCUT2D eigenvalue weighted by Crippen LogP contribution is 2.29. The Bertz CT molecular complexity index is 1910. The molecule has 0 saturated heterocycles. The summed E-state index contributed by atoms with van der Waals surface area (Å²) in [5.41, 5.74) is 4.48. The third-order valence-electron chi connectivity index (χ3n) is 7.14. The van der Waals surface area contributed by atoms with Crippen LogP contribution in [0, 0.1) is 0 Å². The zero-order valence-corrected chi connectivity index (χ0v) is 28.5. The molecule has 0 saturated carbocycles. The van der Waals surface area contributed by atoms with Crippen LogP contribution < -0.4 is 25.6 Å². The van der Waals surface area contributed by atoms with Crippen molar-refractivity contribution in [3.63, 3.8) is 0 Å². The number of methoxy groups -OCH3 is 1. The maximum atomic E-state index is 13.6. The van der Waals surface area contributed by atoms with Crippen molar-refractivity contribution < 1.29 is 19.1 Å². The number of rotatable bonds is 12. The monoisotopic (exact) mass is 677 g/mol. The number of thioether (sulfide) groups is 1. The van der Waals surface area contributed by atoms with Gasteiger partial charge in [0, 0.05) is 46.9 Å². The van der Waals surface area contributed by atoms with Crippen molar-refractivity contribution in [1.82, 2.24) is 10.3 Å². The molecule has 0 aliphatic carbocycles. The van der Waals surface area contributed by atoms with Crippen LogP contribution in [0.3, 0.4) is 0 Å². The summed E-state index contributed by atoms with van der Waals surface area (Å²) in [5.74, 6) is -0.323. The number of carbonyl (C=O) groups is 3. The lowest BCUT2D eigenvalue weighted by atomic mass is 10.1. The summed E-state index contributed by atoms with van der Waals surface area (Å²) in [6, 6.07) is 31.1. The first kappa shape index (κ1) is 34.0. The Balaban J connectivity index is 1.25. The normalized spacial score (nSPS) is 11.7. The Kier molecular flexibility index (Phi) is 11.3. The smallest absolute Gasteiger partial charge is 0.272 e. The van der Waals surface area contributed by atoms with E-state index in [2.05, 4.69) is 20.9 Å². The summed E-state index contributed by atoms with van der Waals surface area (Å²) in [5, 5.41) is 10.5. The molecule has 0 aliphatic rings. The van der Waals surface area contributed by atoms with Crippen LogP contribution in [-0.2, 0) is 9.59 Å². The van der Waals surface area contributed by atoms with E-state index in [1.54, 1.807) is 55.7 Å². The fourth-order valence-electron chi connectivity index (χ4n) is 4.51. The Morgan fingerprint density at radius 2 is 1.62 bits per heavy atom. The third-order valence-corrected chi connectivity index (χ3v) is 8.99. The van der Waals surface area contributed by atoms with Gasteiger partial charge in [0.1, 0.15) is 11.4 Å². The van der Waals surface area contributed by atoms with Gasteiger partial charge in [-0.2, -0.15) is 0 Å². The van der Waals surface area contributed by atoms with Gasteiger partial charge in [-0.25, -0.2) is 4.98 Å². The van der Waals surface area contributed by atoms with E-state index in [9.17, 15) is 14.4 Å². The van der Waals surface area contributed by atoms with E-state index in [1.165, 1.54) is 23.1 Å². The SMILES string of the molecule is COc1ccc(-c2csc(NC(=O)C(C)Sc3cccc(NC(=O)/C(=C\c4ccc(N(C)C)cc4)NC(=O)c4ccccc4)c3)n2)cc1. The number of amides is 3. The average molecular weight is 678 g/mol. The van der Waals surface area contributed by atoms with Crippen molar-refractivity contribution in [2.45, 2.75) is 17.1 Å². The molecule has 244 valence electrons. The molecule has 0 aliphatic heterocycles. The standard InChI is InChI=1S/C37H35N5O4S2/c1-24(34(43)41-37-40-33(23-47-37)26-15-19-30(46-4)20-16-26)48-31-12-8-11-28(22-31)38-36(45)32(39-35(44)27-9-6-5-7-10-27)21-25-13-17-29(18-14-25)42(2)3/h5-24H,1-4H3,(H,38,45)(H,39,44)(H,40,41,43)/b32-21+. The first-order valence-electron chi connectivity index (χ1n) is 15.0. The fraction of sp³-hybridized carbons (Fsp3) is 0.135. The van der Waals surface area contributed by atoms with Crippen molar-refractivity contribution in [2.24, 2.45) is 0 Å². The van der Waals surface area contributed by atoms with E-state index >= 15 is 0 Å². The minimum atomic E-state index is -0.486. The molecule has 48 heavy (non-hydrogen) atoms. The molecule has 4 aromatic carbocycles. The summed E-state index contributed by atoms with van der Waals surface area (Å²) in [6.45, 7) is 1.81. The summed E-state index contributed by atoms with van der Waals surface area (Å²) >= 11 is 2.71. The Hall–Kier alpha value is -5.39. The molecule has 3 amide bonds. The van der Waals surface area contributed by atoms with Crippen molar-refractivity contribution in [3.05, 3.63) is 125 Å². The lowest BCUT2D eigenvalue weighted by Crippen LogP contribution is -2.30. The highest BCUT2D eigenvalue weighted by atomic mass is 32.2. The Morgan fingerprint density at radius 3 is 2.31 bits per heavy atom. The highest BCUT2D eigenvalue weighted by Gasteiger charge is 2.18. The number of nitrogens with zero attached hydrogens (tertiary/aromatic N) is 2. The summed E-state index contributed by atoms with van der Waals surface area (Å²) < 4.78 is 5.22. The second kappa shape index (κ2) is 15.9. The van der Waals surface area contributed by atoms with Gasteiger partial charge in [0.05, 0.1) is 18.1 Å². The van der Waals surface area contributed by atoms with E-state index < -0.39 is 17.1 Å². The molecule has 1 atom stereocenters. The van der Waals surface area contributed by atoms with Crippen molar-refractivity contribution in [2.75, 3.05) is 36.7 Å². The van der Waals surface area contributed by atoms with Gasteiger partial charge in [-0.05, 0) is 85.3 Å². The van der Waals surface area contributed by atoms with E-state index in [1.807, 2.05) is 92.0 Å². The Morgan fingerprint density at radius 1 is 0.896 bits per heavy atom. The van der Waals surface area contributed by atoms with Crippen LogP contribution in [-0.4, -0.2) is 49.2 Å². The van der Waals surface area contributed by atoms with Crippen LogP contribution in [0.2, 0.25) is 0 Å². The van der Waals surface area contributed by atoms with Gasteiger partial charge in [-0.15, -0.1) is 23.1 Å². The average Bonchev–Trinajstić information content (AvgIpc) is 3.57. The third kappa shape index (κ3) is 9.11. The molecule has 5 aromatic rings. The number of thiazole rings is 1. The molecule has 0 fully saturated rings. The van der Waals surface area contributed by atoms with Gasteiger partial charge in [0.15, 0.2) is 5.13 Å². The molecule has 1 heterocycles. The Labute approximate surface area is 288 Å². The van der Waals surface area contributed by atoms with Crippen LogP contribution in [0.1, 0.15) is 22.8 Å². The summed E-state index contributed by atoms with van der Waals surface area (Å²) in [4.78, 5) is 47.0. The van der Waals surface area contributed by atoms with Gasteiger partial charge in [0.25, 0.3) is 11.8 Å². The zero-order chi connectivity index (χ0) is 34.0. The second-order valence-corrected chi connectivity index (χ2v) is 13.1. The van der Waals surface area contributed by atoms with Crippen molar-refractivity contribution in [1.29, 1.82) is 0 Å². The van der Waals surface area contributed by atoms with E-state index in [-0.39, 0.29) is 11.6 Å². The predicted octanol–water partition coefficient (Wildman–Crippen LogP) is 7.41. The predicted molar refractivity (Wildman–Crippen MR) is 196 cm³/mol. The van der Waals surface area contributed by atoms with Crippen LogP contribution in [0.5, 0.6) is 5.75 Å². The lowest BCUT2D eigenvalue weighted by Gasteiger charge is -2.14. The molecule has 1 unspecified atom stereocenters. The van der Waals surface area contributed by atoms with E-state index in [4.69, 9.17) is 4.74 Å². The number of hydrogen-bond donors (Lipinski definition) is 3. The molecule has 3 N–H and O–H groups in total. The van der Waals surface area contributed by atoms with Crippen LogP contribution in [0.4, 0.5) is 16.5 Å². The number of anilines is 3. The van der Waals surface area contributed by atoms with Crippen LogP contribution >= 0.6 is 23.1 Å². The maximum absolute atomic E-state index is 13.6. The number of carbonyl (C=O) groups excluding carboxylic acids is 3. The zero-order valence-electron chi connectivity index (χ0n) is 26.9. The molecule has 5 rings (SSSR count). The van der Waals surface area contributed by atoms with Gasteiger partial charge in [-0.1, -0.05) is 36.4 Å². The number of nitrogens with one attached hydrogen (secondary N) is 3. The molecule has 0 radical (unpaired) electrons. The quantitative estimate of drug-likeness (QED) is 0.0931. The molecular weight excluding hydrogens is 643 g/mol. The lowest BCUT2D eigenvalue weighted by molar-refractivity contribution is -0.115. The van der Waals surface area contributed by atoms with Gasteiger partial charge in [0.2, 0.25) is 5.91 Å². The first-order valence-corrected chi connectivity index (χ1v) is 16.8. The van der Waals surface area contributed by atoms with Crippen LogP contribution in [0.15, 0.2) is 119 Å². The van der Waals surface area contributed by atoms with Gasteiger partial charge < -0.3 is 25.6 Å². The molecule has 1 aromatic heterocycles. The maximum Gasteiger partial charge on any atom is 0.272 e. The number of aromatic nitrogens is 1. The number of hydrogen-bond acceptors (Lipinski definition) is 8. The summed E-state index contributed by atoms with van der Waals surface area (Å²) in [7, 11) is 5.51. The molecule has 0 bridgehead atoms. The van der Waals surface area contributed by atoms with Gasteiger partial charge >= 0.3 is 0 Å². The van der Waals surface area contributed by atoms with E-state index in [0.29, 0.717) is 16.4 Å². The largest absolute Gasteiger partial charge is 0.497 e. The second-order valence-electron chi connectivity index (χ2n) is 10.9. The fourth-order valence-corrected chi connectivity index (χ4v) is 6.16. The first-order chi connectivity index (χ1) is 23.2. The van der Waals surface area contributed by atoms with Crippen molar-refractivity contribution >= 4 is 63.4 Å². The minimum absolute atomic E-state index is 0.0877. The van der Waals surface area contributed by atoms with E-state index in [0.717, 1.165) is 33.2 Å². The van der Waals surface area contributed by atoms with Gasteiger partial charge in [-0.3, -0.25) is 14.4 Å². The number of benzene rings is 4. The minimum Gasteiger partial charge on any atom is -0.497 e.